The van der Waals surface area contributed by atoms with Crippen molar-refractivity contribution >= 4 is 23.5 Å². The fraction of sp³-hybridized carbons (Fsp3) is 0.231. The van der Waals surface area contributed by atoms with E-state index in [4.69, 9.17) is 0 Å². The zero-order valence-corrected chi connectivity index (χ0v) is 20.1. The molecule has 4 amide bonds. The van der Waals surface area contributed by atoms with Crippen molar-refractivity contribution in [1.82, 2.24) is 15.2 Å². The second kappa shape index (κ2) is 9.57. The Kier molecular flexibility index (Phi) is 6.64. The third-order valence-corrected chi connectivity index (χ3v) is 5.79. The number of urea groups is 1. The summed E-state index contributed by atoms with van der Waals surface area (Å²) in [4.78, 5) is 44.2. The van der Waals surface area contributed by atoms with Gasteiger partial charge in [-0.1, -0.05) is 18.2 Å². The minimum Gasteiger partial charge on any atom is -0.406 e. The molecule has 0 spiro atoms. The number of carbonyl (C=O) groups excluding carboxylic acids is 3. The molecule has 2 aliphatic carbocycles. The van der Waals surface area contributed by atoms with Crippen molar-refractivity contribution in [3.63, 3.8) is 0 Å². The van der Waals surface area contributed by atoms with Gasteiger partial charge in [-0.3, -0.25) is 19.5 Å². The van der Waals surface area contributed by atoms with Crippen LogP contribution in [0, 0.1) is 0 Å². The molecule has 1 aromatic heterocycles. The van der Waals surface area contributed by atoms with E-state index >= 15 is 0 Å². The summed E-state index contributed by atoms with van der Waals surface area (Å²) in [5.74, 6) is -1.52. The maximum atomic E-state index is 13.3. The lowest BCUT2D eigenvalue weighted by Gasteiger charge is -2.35. The monoisotopic (exact) mass is 512 g/mol. The fourth-order valence-corrected chi connectivity index (χ4v) is 3.98. The Morgan fingerprint density at radius 3 is 2.05 bits per heavy atom. The van der Waals surface area contributed by atoms with Crippen molar-refractivity contribution in [3.8, 4) is 16.9 Å². The average Bonchev–Trinajstić information content (AvgIpc) is 3.37. The van der Waals surface area contributed by atoms with E-state index in [-0.39, 0.29) is 5.69 Å². The van der Waals surface area contributed by atoms with Gasteiger partial charge >= 0.3 is 12.4 Å². The van der Waals surface area contributed by atoms with Gasteiger partial charge in [0.15, 0.2) is 0 Å². The predicted octanol–water partition coefficient (Wildman–Crippen LogP) is 5.03. The number of pyridine rings is 1. The Hall–Kier alpha value is -4.41. The highest BCUT2D eigenvalue weighted by Gasteiger charge is 2.55. The van der Waals surface area contributed by atoms with E-state index in [0.717, 1.165) is 17.0 Å². The Morgan fingerprint density at radius 1 is 1.00 bits per heavy atom. The van der Waals surface area contributed by atoms with Gasteiger partial charge in [0.1, 0.15) is 17.5 Å². The van der Waals surface area contributed by atoms with Crippen LogP contribution in [0.1, 0.15) is 32.5 Å². The molecule has 1 aliphatic heterocycles. The van der Waals surface area contributed by atoms with Gasteiger partial charge in [-0.15, -0.1) is 13.2 Å². The molecule has 11 heteroatoms. The first-order valence-corrected chi connectivity index (χ1v) is 11.2. The van der Waals surface area contributed by atoms with Crippen molar-refractivity contribution in [2.45, 2.75) is 38.8 Å². The number of imide groups is 1. The Morgan fingerprint density at radius 2 is 1.59 bits per heavy atom. The molecule has 0 bridgehead atoms. The van der Waals surface area contributed by atoms with Crippen LogP contribution in [0.3, 0.4) is 0 Å². The zero-order valence-electron chi connectivity index (χ0n) is 20.1. The van der Waals surface area contributed by atoms with Gasteiger partial charge < -0.3 is 10.1 Å². The highest BCUT2D eigenvalue weighted by molar-refractivity contribution is 6.23. The van der Waals surface area contributed by atoms with Crippen LogP contribution in [0.2, 0.25) is 0 Å². The number of nitrogens with zero attached hydrogens (tertiary/aromatic N) is 3. The standard InChI is InChI=1S/C20H19F3N4O4.C6H4/c1-12(28)25-16(13-8-10-24-11-9-13)27-18(30)26(17(29)19(27,2)3)14-4-6-15(7-5-14)31-20(21,22)23;1-2-5-4-6(5)3-1/h4-11,16H,1-3H3,(H,25,28);1-4H. The molecule has 0 saturated carbocycles. The molecule has 1 unspecified atom stereocenters. The number of anilines is 1. The number of fused-ring (bicyclic) bond motifs is 1. The molecule has 3 aliphatic rings. The summed E-state index contributed by atoms with van der Waals surface area (Å²) in [6.07, 6.45) is -2.87. The van der Waals surface area contributed by atoms with E-state index in [9.17, 15) is 27.6 Å². The summed E-state index contributed by atoms with van der Waals surface area (Å²) < 4.78 is 41.0. The lowest BCUT2D eigenvalue weighted by Crippen LogP contribution is -2.51. The minimum absolute atomic E-state index is 0.0661. The molecular formula is C26H23F3N4O4. The molecule has 1 saturated heterocycles. The topological polar surface area (TPSA) is 91.8 Å². The molecule has 1 N–H and O–H groups in total. The van der Waals surface area contributed by atoms with E-state index in [0.29, 0.717) is 5.56 Å². The summed E-state index contributed by atoms with van der Waals surface area (Å²) in [7, 11) is 0. The van der Waals surface area contributed by atoms with E-state index in [1.165, 1.54) is 61.3 Å². The molecule has 0 radical (unpaired) electrons. The fourth-order valence-electron chi connectivity index (χ4n) is 3.98. The molecular weight excluding hydrogens is 489 g/mol. The predicted molar refractivity (Wildman–Crippen MR) is 128 cm³/mol. The lowest BCUT2D eigenvalue weighted by molar-refractivity contribution is -0.274. The summed E-state index contributed by atoms with van der Waals surface area (Å²) in [5.41, 5.74) is 2.07. The van der Waals surface area contributed by atoms with Crippen LogP contribution < -0.4 is 15.0 Å². The second-order valence-corrected chi connectivity index (χ2v) is 8.86. The van der Waals surface area contributed by atoms with Gasteiger partial charge in [0.2, 0.25) is 5.91 Å². The molecule has 1 aromatic carbocycles. The summed E-state index contributed by atoms with van der Waals surface area (Å²) in [6, 6.07) is 15.3. The summed E-state index contributed by atoms with van der Waals surface area (Å²) in [5, 5.41) is 2.67. The van der Waals surface area contributed by atoms with Gasteiger partial charge in [0.05, 0.1) is 5.69 Å². The number of rotatable bonds is 5. The van der Waals surface area contributed by atoms with Crippen LogP contribution in [-0.2, 0) is 9.59 Å². The Balaban J connectivity index is 0.000000458. The summed E-state index contributed by atoms with van der Waals surface area (Å²) in [6.45, 7) is 4.31. The molecule has 1 atom stereocenters. The quantitative estimate of drug-likeness (QED) is 0.379. The highest BCUT2D eigenvalue weighted by atomic mass is 19.4. The number of carbonyl (C=O) groups is 3. The lowest BCUT2D eigenvalue weighted by atomic mass is 10.0. The number of alkyl halides is 3. The van der Waals surface area contributed by atoms with Crippen molar-refractivity contribution in [3.05, 3.63) is 78.6 Å². The van der Waals surface area contributed by atoms with Crippen LogP contribution in [-0.4, -0.2) is 39.6 Å². The van der Waals surface area contributed by atoms with E-state index < -0.39 is 41.7 Å². The van der Waals surface area contributed by atoms with Crippen molar-refractivity contribution in [1.29, 1.82) is 0 Å². The maximum Gasteiger partial charge on any atom is 0.573 e. The van der Waals surface area contributed by atoms with Gasteiger partial charge in [-0.05, 0) is 73.0 Å². The number of hydrogen-bond acceptors (Lipinski definition) is 5. The van der Waals surface area contributed by atoms with Gasteiger partial charge in [0.25, 0.3) is 5.91 Å². The average molecular weight is 512 g/mol. The van der Waals surface area contributed by atoms with Gasteiger partial charge in [-0.25, -0.2) is 9.69 Å². The Labute approximate surface area is 210 Å². The van der Waals surface area contributed by atoms with Crippen LogP contribution in [0.5, 0.6) is 5.75 Å². The van der Waals surface area contributed by atoms with E-state index in [1.807, 2.05) is 0 Å². The van der Waals surface area contributed by atoms with Crippen molar-refractivity contribution < 1.29 is 32.3 Å². The highest BCUT2D eigenvalue weighted by Crippen LogP contribution is 2.38. The SMILES string of the molecule is CC(=O)NC(c1ccncc1)N1C(=O)N(c2ccc(OC(F)(F)F)cc2)C(=O)C1(C)C.c1cc2cc-2c1. The van der Waals surface area contributed by atoms with Crippen LogP contribution in [0.25, 0.3) is 11.1 Å². The first kappa shape index (κ1) is 25.7. The molecule has 2 heterocycles. The maximum absolute atomic E-state index is 13.3. The first-order chi connectivity index (χ1) is 17.4. The molecule has 2 aromatic rings. The summed E-state index contributed by atoms with van der Waals surface area (Å²) >= 11 is 0. The van der Waals surface area contributed by atoms with E-state index in [1.54, 1.807) is 12.1 Å². The van der Waals surface area contributed by atoms with Crippen LogP contribution in [0.15, 0.2) is 73.1 Å². The number of nitrogens with one attached hydrogen (secondary N) is 1. The van der Waals surface area contributed by atoms with Crippen molar-refractivity contribution in [2.75, 3.05) is 4.90 Å². The second-order valence-electron chi connectivity index (χ2n) is 8.86. The number of benzene rings is 2. The molecule has 192 valence electrons. The Bertz CT molecular complexity index is 1310. The first-order valence-electron chi connectivity index (χ1n) is 11.2. The minimum atomic E-state index is -4.87. The third kappa shape index (κ3) is 5.55. The number of halogens is 3. The number of hydrogen-bond donors (Lipinski definition) is 1. The molecule has 8 nitrogen and oxygen atoms in total. The molecule has 37 heavy (non-hydrogen) atoms. The largest absolute Gasteiger partial charge is 0.573 e. The number of amides is 4. The van der Waals surface area contributed by atoms with E-state index in [2.05, 4.69) is 39.3 Å². The smallest absolute Gasteiger partial charge is 0.406 e. The van der Waals surface area contributed by atoms with Crippen LogP contribution >= 0.6 is 0 Å². The molecule has 5 rings (SSSR count). The van der Waals surface area contributed by atoms with Crippen LogP contribution in [0.4, 0.5) is 23.7 Å². The molecule has 1 fully saturated rings. The zero-order chi connectivity index (χ0) is 27.0. The third-order valence-electron chi connectivity index (χ3n) is 5.79. The normalized spacial score (nSPS) is 16.1. The number of aromatic nitrogens is 1. The van der Waals surface area contributed by atoms with Gasteiger partial charge in [-0.2, -0.15) is 0 Å². The number of ether oxygens (including phenoxy) is 1. The van der Waals surface area contributed by atoms with Gasteiger partial charge in [0, 0.05) is 19.3 Å². The van der Waals surface area contributed by atoms with Crippen molar-refractivity contribution in [2.24, 2.45) is 0 Å².